The Morgan fingerprint density at radius 3 is 2.62 bits per heavy atom. The van der Waals surface area contributed by atoms with Gasteiger partial charge in [-0.2, -0.15) is 0 Å². The highest BCUT2D eigenvalue weighted by Gasteiger charge is 2.19. The molecule has 1 aliphatic heterocycles. The average molecular weight is 464 g/mol. The molecule has 1 N–H and O–H groups in total. The van der Waals surface area contributed by atoms with Gasteiger partial charge in [-0.3, -0.25) is 14.4 Å². The fourth-order valence-corrected chi connectivity index (χ4v) is 4.34. The van der Waals surface area contributed by atoms with Crippen molar-refractivity contribution in [2.75, 3.05) is 32.6 Å². The monoisotopic (exact) mass is 463 g/mol. The van der Waals surface area contributed by atoms with Gasteiger partial charge in [0.1, 0.15) is 11.5 Å². The fraction of sp³-hybridized carbons (Fsp3) is 0.346. The molecule has 0 saturated carbocycles. The second-order valence-electron chi connectivity index (χ2n) is 8.32. The van der Waals surface area contributed by atoms with Gasteiger partial charge in [0.2, 0.25) is 11.8 Å². The highest BCUT2D eigenvalue weighted by Crippen LogP contribution is 2.26. The molecule has 1 aromatic heterocycles. The molecule has 0 atom stereocenters. The lowest BCUT2D eigenvalue weighted by Gasteiger charge is -2.16. The van der Waals surface area contributed by atoms with Gasteiger partial charge in [0, 0.05) is 60.3 Å². The first-order chi connectivity index (χ1) is 16.5. The number of aryl methyl sites for hydroxylation is 1. The maximum absolute atomic E-state index is 13.0. The van der Waals surface area contributed by atoms with E-state index in [9.17, 15) is 14.4 Å². The Hall–Kier alpha value is -3.81. The number of carbonyl (C=O) groups is 2. The lowest BCUT2D eigenvalue weighted by Crippen LogP contribution is -2.28. The zero-order chi connectivity index (χ0) is 24.1. The summed E-state index contributed by atoms with van der Waals surface area (Å²) in [6.45, 7) is 2.00. The summed E-state index contributed by atoms with van der Waals surface area (Å²) in [5, 5.41) is 4.16. The van der Waals surface area contributed by atoms with E-state index in [0.717, 1.165) is 24.9 Å². The molecule has 0 radical (unpaired) electrons. The van der Waals surface area contributed by atoms with Crippen molar-refractivity contribution in [1.82, 2.24) is 9.47 Å². The number of fused-ring (bicyclic) bond motifs is 1. The Morgan fingerprint density at radius 2 is 1.88 bits per heavy atom. The smallest absolute Gasteiger partial charge is 0.258 e. The van der Waals surface area contributed by atoms with Crippen molar-refractivity contribution < 1.29 is 19.1 Å². The second kappa shape index (κ2) is 10.4. The lowest BCUT2D eigenvalue weighted by atomic mass is 10.1. The van der Waals surface area contributed by atoms with Gasteiger partial charge in [-0.1, -0.05) is 12.1 Å². The quantitative estimate of drug-likeness (QED) is 0.526. The van der Waals surface area contributed by atoms with Crippen molar-refractivity contribution in [3.63, 3.8) is 0 Å². The standard InChI is InChI=1S/C26H29N3O5/c1-33-19-10-9-18(23(17-19)34-2)16-24(30)27-22-7-3-6-21-20(22)11-15-29(26(21)32)14-5-13-28-12-4-8-25(28)31/h3,6-7,9-11,15,17H,4-5,8,12-14,16H2,1-2H3,(H,27,30). The number of nitrogens with zero attached hydrogens (tertiary/aromatic N) is 2. The Morgan fingerprint density at radius 1 is 1.03 bits per heavy atom. The third kappa shape index (κ3) is 5.06. The Labute approximate surface area is 198 Å². The topological polar surface area (TPSA) is 89.9 Å². The molecule has 8 nitrogen and oxygen atoms in total. The highest BCUT2D eigenvalue weighted by atomic mass is 16.5. The molecule has 2 heterocycles. The van der Waals surface area contributed by atoms with Crippen LogP contribution in [0.5, 0.6) is 11.5 Å². The van der Waals surface area contributed by atoms with E-state index < -0.39 is 0 Å². The largest absolute Gasteiger partial charge is 0.497 e. The molecule has 2 amide bonds. The van der Waals surface area contributed by atoms with E-state index in [1.54, 1.807) is 61.4 Å². The summed E-state index contributed by atoms with van der Waals surface area (Å²) in [6, 6.07) is 12.5. The van der Waals surface area contributed by atoms with Crippen molar-refractivity contribution in [3.05, 3.63) is 64.6 Å². The van der Waals surface area contributed by atoms with Crippen molar-refractivity contribution >= 4 is 28.3 Å². The molecule has 0 spiro atoms. The molecule has 4 rings (SSSR count). The van der Waals surface area contributed by atoms with Gasteiger partial charge >= 0.3 is 0 Å². The van der Waals surface area contributed by atoms with Gasteiger partial charge in [0.05, 0.1) is 20.6 Å². The van der Waals surface area contributed by atoms with Crippen LogP contribution in [0.3, 0.4) is 0 Å². The molecular weight excluding hydrogens is 434 g/mol. The third-order valence-electron chi connectivity index (χ3n) is 6.14. The van der Waals surface area contributed by atoms with E-state index in [-0.39, 0.29) is 23.8 Å². The molecule has 3 aromatic rings. The van der Waals surface area contributed by atoms with Crippen LogP contribution in [0.1, 0.15) is 24.8 Å². The Balaban J connectivity index is 1.47. The number of pyridine rings is 1. The number of anilines is 1. The van der Waals surface area contributed by atoms with Crippen LogP contribution >= 0.6 is 0 Å². The summed E-state index contributed by atoms with van der Waals surface area (Å²) in [5.41, 5.74) is 1.21. The van der Waals surface area contributed by atoms with Gasteiger partial charge < -0.3 is 24.3 Å². The van der Waals surface area contributed by atoms with Crippen LogP contribution in [0.4, 0.5) is 5.69 Å². The van der Waals surface area contributed by atoms with Crippen LogP contribution in [-0.2, 0) is 22.6 Å². The van der Waals surface area contributed by atoms with Crippen LogP contribution < -0.4 is 20.3 Å². The normalized spacial score (nSPS) is 13.4. The molecule has 1 saturated heterocycles. The van der Waals surface area contributed by atoms with Crippen LogP contribution in [0.15, 0.2) is 53.5 Å². The first kappa shape index (κ1) is 23.4. The first-order valence-electron chi connectivity index (χ1n) is 11.4. The summed E-state index contributed by atoms with van der Waals surface area (Å²) >= 11 is 0. The number of hydrogen-bond acceptors (Lipinski definition) is 5. The third-order valence-corrected chi connectivity index (χ3v) is 6.14. The number of ether oxygens (including phenoxy) is 2. The van der Waals surface area contributed by atoms with Crippen LogP contribution in [0, 0.1) is 0 Å². The number of amides is 2. The first-order valence-corrected chi connectivity index (χ1v) is 11.4. The summed E-state index contributed by atoms with van der Waals surface area (Å²) in [7, 11) is 3.12. The van der Waals surface area contributed by atoms with Gasteiger partial charge in [0.25, 0.3) is 5.56 Å². The van der Waals surface area contributed by atoms with Crippen molar-refractivity contribution in [3.8, 4) is 11.5 Å². The zero-order valence-corrected chi connectivity index (χ0v) is 19.5. The number of rotatable bonds is 9. The van der Waals surface area contributed by atoms with E-state index in [1.807, 2.05) is 11.0 Å². The lowest BCUT2D eigenvalue weighted by molar-refractivity contribution is -0.127. The molecule has 8 heteroatoms. The van der Waals surface area contributed by atoms with Crippen molar-refractivity contribution in [1.29, 1.82) is 0 Å². The number of nitrogens with one attached hydrogen (secondary N) is 1. The number of methoxy groups -OCH3 is 2. The summed E-state index contributed by atoms with van der Waals surface area (Å²) in [4.78, 5) is 39.4. The molecule has 0 aliphatic carbocycles. The molecule has 0 bridgehead atoms. The highest BCUT2D eigenvalue weighted by molar-refractivity contribution is 6.02. The average Bonchev–Trinajstić information content (AvgIpc) is 3.25. The van der Waals surface area contributed by atoms with Crippen molar-refractivity contribution in [2.45, 2.75) is 32.2 Å². The van der Waals surface area contributed by atoms with E-state index in [2.05, 4.69) is 5.32 Å². The number of hydrogen-bond donors (Lipinski definition) is 1. The molecule has 0 unspecified atom stereocenters. The maximum atomic E-state index is 13.0. The molecular formula is C26H29N3O5. The SMILES string of the molecule is COc1ccc(CC(=O)Nc2cccc3c(=O)n(CCCN4CCCC4=O)ccc23)c(OC)c1. The van der Waals surface area contributed by atoms with E-state index >= 15 is 0 Å². The number of likely N-dealkylation sites (tertiary alicyclic amines) is 1. The Kier molecular flexibility index (Phi) is 7.15. The molecule has 178 valence electrons. The van der Waals surface area contributed by atoms with Crippen LogP contribution in [0.2, 0.25) is 0 Å². The number of aromatic nitrogens is 1. The summed E-state index contributed by atoms with van der Waals surface area (Å²) in [6.07, 6.45) is 4.12. The Bertz CT molecular complexity index is 1270. The van der Waals surface area contributed by atoms with Crippen molar-refractivity contribution in [2.24, 2.45) is 0 Å². The van der Waals surface area contributed by atoms with Gasteiger partial charge in [-0.05, 0) is 37.1 Å². The van der Waals surface area contributed by atoms with Gasteiger partial charge in [-0.15, -0.1) is 0 Å². The minimum Gasteiger partial charge on any atom is -0.497 e. The summed E-state index contributed by atoms with van der Waals surface area (Å²) < 4.78 is 12.3. The van der Waals surface area contributed by atoms with Gasteiger partial charge in [0.15, 0.2) is 0 Å². The maximum Gasteiger partial charge on any atom is 0.258 e. The van der Waals surface area contributed by atoms with Crippen LogP contribution in [0.25, 0.3) is 10.8 Å². The number of carbonyl (C=O) groups excluding carboxylic acids is 2. The van der Waals surface area contributed by atoms with E-state index in [4.69, 9.17) is 9.47 Å². The predicted molar refractivity (Wildman–Crippen MR) is 131 cm³/mol. The second-order valence-corrected chi connectivity index (χ2v) is 8.32. The van der Waals surface area contributed by atoms with Crippen LogP contribution in [-0.4, -0.2) is 48.6 Å². The molecule has 1 aliphatic rings. The number of benzene rings is 2. The van der Waals surface area contributed by atoms with Gasteiger partial charge in [-0.25, -0.2) is 0 Å². The minimum absolute atomic E-state index is 0.113. The molecule has 1 fully saturated rings. The molecule has 34 heavy (non-hydrogen) atoms. The summed E-state index contributed by atoms with van der Waals surface area (Å²) in [5.74, 6) is 1.21. The minimum atomic E-state index is -0.213. The van der Waals surface area contributed by atoms with E-state index in [0.29, 0.717) is 47.5 Å². The molecule has 2 aromatic carbocycles. The predicted octanol–water partition coefficient (Wildman–Crippen LogP) is 3.21. The fourth-order valence-electron chi connectivity index (χ4n) is 4.34. The van der Waals surface area contributed by atoms with E-state index in [1.165, 1.54) is 0 Å². The zero-order valence-electron chi connectivity index (χ0n) is 19.5.